The van der Waals surface area contributed by atoms with Crippen molar-refractivity contribution in [3.05, 3.63) is 12.1 Å². The van der Waals surface area contributed by atoms with Crippen molar-refractivity contribution in [3.8, 4) is 0 Å². The maximum Gasteiger partial charge on any atom is 0.506 e. The van der Waals surface area contributed by atoms with Crippen LogP contribution in [0.1, 0.15) is 20.8 Å². The molecule has 0 bridgehead atoms. The van der Waals surface area contributed by atoms with Crippen LogP contribution in [0.15, 0.2) is 12.1 Å². The highest BCUT2D eigenvalue weighted by molar-refractivity contribution is 6.66. The first-order valence-corrected chi connectivity index (χ1v) is 4.75. The van der Waals surface area contributed by atoms with Gasteiger partial charge in [-0.05, 0) is 20.8 Å². The number of carbonyl (C=O) groups is 1. The molecule has 0 saturated carbocycles. The van der Waals surface area contributed by atoms with Gasteiger partial charge in [0.05, 0.1) is 0 Å². The molecule has 1 amide bonds. The summed E-state index contributed by atoms with van der Waals surface area (Å²) in [5.41, 5.74) is -1.65. The van der Waals surface area contributed by atoms with E-state index in [-0.39, 0.29) is 0 Å². The Bertz CT molecular complexity index is 283. The lowest BCUT2D eigenvalue weighted by molar-refractivity contribution is 0.0315. The van der Waals surface area contributed by atoms with Crippen LogP contribution in [0, 0.1) is 0 Å². The van der Waals surface area contributed by atoms with Crippen molar-refractivity contribution in [2.45, 2.75) is 26.4 Å². The molecule has 94 valence electrons. The summed E-state index contributed by atoms with van der Waals surface area (Å²) in [4.78, 5) is 12.2. The maximum absolute atomic E-state index is 12.2. The van der Waals surface area contributed by atoms with Gasteiger partial charge in [-0.15, -0.1) is 12.1 Å². The van der Waals surface area contributed by atoms with Crippen LogP contribution in [0.2, 0.25) is 0 Å². The molecule has 0 atom stereocenters. The van der Waals surface area contributed by atoms with Gasteiger partial charge in [-0.25, -0.2) is 4.79 Å². The predicted molar refractivity (Wildman–Crippen MR) is 57.1 cm³/mol. The van der Waals surface area contributed by atoms with Crippen molar-refractivity contribution in [2.24, 2.45) is 0 Å². The highest BCUT2D eigenvalue weighted by Crippen LogP contribution is 2.19. The smallest absolute Gasteiger partial charge is 0.445 e. The first-order chi connectivity index (χ1) is 6.93. The highest BCUT2D eigenvalue weighted by Gasteiger charge is 2.29. The van der Waals surface area contributed by atoms with Gasteiger partial charge in [0.2, 0.25) is 0 Å². The van der Waals surface area contributed by atoms with Gasteiger partial charge in [0, 0.05) is 13.6 Å². The lowest BCUT2D eigenvalue weighted by Crippen LogP contribution is -2.38. The topological polar surface area (TPSA) is 29.5 Å². The molecule has 0 aliphatic rings. The lowest BCUT2D eigenvalue weighted by atomic mass is 9.80. The third-order valence-electron chi connectivity index (χ3n) is 1.61. The third kappa shape index (κ3) is 5.67. The molecular weight excluding hydrogens is 222 g/mol. The lowest BCUT2D eigenvalue weighted by Gasteiger charge is -2.27. The van der Waals surface area contributed by atoms with E-state index in [0.717, 1.165) is 4.90 Å². The molecule has 0 rings (SSSR count). The minimum atomic E-state index is -5.11. The minimum absolute atomic E-state index is 0.571. The number of rotatable bonds is 3. The van der Waals surface area contributed by atoms with Crippen molar-refractivity contribution in [2.75, 3.05) is 13.6 Å². The number of hydrogen-bond acceptors (Lipinski definition) is 2. The fourth-order valence-electron chi connectivity index (χ4n) is 0.813. The fraction of sp³-hybridized carbons (Fsp3) is 0.667. The third-order valence-corrected chi connectivity index (χ3v) is 1.61. The molecule has 0 aromatic rings. The summed E-state index contributed by atoms with van der Waals surface area (Å²) in [7, 11) is 1.24. The Balaban J connectivity index is 4.33. The van der Waals surface area contributed by atoms with E-state index in [9.17, 15) is 17.7 Å². The molecule has 0 fully saturated rings. The molecule has 3 nitrogen and oxygen atoms in total. The Hall–Kier alpha value is -1.14. The second-order valence-electron chi connectivity index (χ2n) is 4.57. The van der Waals surface area contributed by atoms with E-state index in [1.807, 2.05) is 0 Å². The Labute approximate surface area is 93.3 Å². The number of halogens is 3. The molecule has 0 aliphatic carbocycles. The molecule has 0 N–H and O–H groups in total. The molecule has 0 heterocycles. The zero-order valence-electron chi connectivity index (χ0n) is 9.89. The second kappa shape index (κ2) is 4.80. The predicted octanol–water partition coefficient (Wildman–Crippen LogP) is 2.80. The standard InChI is InChI=1S/C9H16BF3NO2/c1-7(10(11,12)13)6-14(5)8(15)16-9(2,3)4/h1,6H2,2-5H3/q-1. The number of hydrogen-bond donors (Lipinski definition) is 0. The molecule has 0 radical (unpaired) electrons. The Kier molecular flexibility index (Phi) is 4.46. The summed E-state index contributed by atoms with van der Waals surface area (Å²) in [5.74, 6) is 0. The van der Waals surface area contributed by atoms with Gasteiger partial charge in [-0.3, -0.25) is 0 Å². The zero-order chi connectivity index (χ0) is 13.1. The summed E-state index contributed by atoms with van der Waals surface area (Å²) >= 11 is 0. The SMILES string of the molecule is C=C(CN(C)C(=O)OC(C)(C)C)[B-](F)(F)F. The maximum atomic E-state index is 12.2. The number of ether oxygens (including phenoxy) is 1. The van der Waals surface area contributed by atoms with E-state index in [1.54, 1.807) is 20.8 Å². The van der Waals surface area contributed by atoms with E-state index in [2.05, 4.69) is 6.58 Å². The van der Waals surface area contributed by atoms with Crippen LogP contribution >= 0.6 is 0 Å². The first kappa shape index (κ1) is 14.9. The molecule has 7 heteroatoms. The molecule has 16 heavy (non-hydrogen) atoms. The van der Waals surface area contributed by atoms with E-state index in [0.29, 0.717) is 0 Å². The number of carbonyl (C=O) groups excluding carboxylic acids is 1. The van der Waals surface area contributed by atoms with Crippen molar-refractivity contribution in [3.63, 3.8) is 0 Å². The number of amides is 1. The van der Waals surface area contributed by atoms with Crippen LogP contribution in [-0.4, -0.2) is 37.2 Å². The van der Waals surface area contributed by atoms with E-state index >= 15 is 0 Å². The van der Waals surface area contributed by atoms with Gasteiger partial charge in [0.1, 0.15) is 5.60 Å². The summed E-state index contributed by atoms with van der Waals surface area (Å²) in [6.07, 6.45) is -0.797. The van der Waals surface area contributed by atoms with E-state index < -0.39 is 30.7 Å². The Morgan fingerprint density at radius 2 is 1.81 bits per heavy atom. The summed E-state index contributed by atoms with van der Waals surface area (Å²) in [5, 5.41) is 0. The quantitative estimate of drug-likeness (QED) is 0.707. The number of likely N-dealkylation sites (N-methyl/N-ethyl adjacent to an activating group) is 1. The first-order valence-electron chi connectivity index (χ1n) is 4.75. The van der Waals surface area contributed by atoms with Crippen molar-refractivity contribution >= 4 is 13.1 Å². The van der Waals surface area contributed by atoms with Gasteiger partial charge >= 0.3 is 13.1 Å². The van der Waals surface area contributed by atoms with Gasteiger partial charge < -0.3 is 22.6 Å². The monoisotopic (exact) mass is 238 g/mol. The van der Waals surface area contributed by atoms with Crippen LogP contribution in [0.4, 0.5) is 17.7 Å². The van der Waals surface area contributed by atoms with Crippen molar-refractivity contribution in [1.29, 1.82) is 0 Å². The molecule has 0 aromatic heterocycles. The van der Waals surface area contributed by atoms with E-state index in [1.165, 1.54) is 7.05 Å². The van der Waals surface area contributed by atoms with Gasteiger partial charge in [0.25, 0.3) is 0 Å². The van der Waals surface area contributed by atoms with Crippen LogP contribution in [-0.2, 0) is 4.74 Å². The van der Waals surface area contributed by atoms with Crippen LogP contribution in [0.5, 0.6) is 0 Å². The Morgan fingerprint density at radius 1 is 1.38 bits per heavy atom. The average molecular weight is 238 g/mol. The summed E-state index contributed by atoms with van der Waals surface area (Å²) < 4.78 is 41.5. The molecule has 0 saturated heterocycles. The minimum Gasteiger partial charge on any atom is -0.445 e. The summed E-state index contributed by atoms with van der Waals surface area (Å²) in [6.45, 7) is 2.14. The van der Waals surface area contributed by atoms with Crippen LogP contribution in [0.25, 0.3) is 0 Å². The van der Waals surface area contributed by atoms with Crippen LogP contribution in [0.3, 0.4) is 0 Å². The highest BCUT2D eigenvalue weighted by atomic mass is 19.4. The van der Waals surface area contributed by atoms with Crippen molar-refractivity contribution in [1.82, 2.24) is 4.90 Å². The van der Waals surface area contributed by atoms with Crippen molar-refractivity contribution < 1.29 is 22.5 Å². The molecule has 0 aliphatic heterocycles. The second-order valence-corrected chi connectivity index (χ2v) is 4.57. The van der Waals surface area contributed by atoms with Crippen LogP contribution < -0.4 is 0 Å². The van der Waals surface area contributed by atoms with Gasteiger partial charge in [-0.2, -0.15) is 0 Å². The molecule has 0 unspecified atom stereocenters. The molecule has 0 spiro atoms. The van der Waals surface area contributed by atoms with Gasteiger partial charge in [0.15, 0.2) is 0 Å². The van der Waals surface area contributed by atoms with Gasteiger partial charge in [-0.1, -0.05) is 0 Å². The largest absolute Gasteiger partial charge is 0.506 e. The molecular formula is C9H16BF3NO2-. The van der Waals surface area contributed by atoms with E-state index in [4.69, 9.17) is 4.74 Å². The zero-order valence-corrected chi connectivity index (χ0v) is 9.89. The normalized spacial score (nSPS) is 12.2. The average Bonchev–Trinajstić information content (AvgIpc) is 1.98. The molecule has 0 aromatic carbocycles. The fourth-order valence-corrected chi connectivity index (χ4v) is 0.813. The summed E-state index contributed by atoms with van der Waals surface area (Å²) in [6, 6.07) is 0. The number of nitrogens with zero attached hydrogens (tertiary/aromatic N) is 1. The Morgan fingerprint density at radius 3 is 2.12 bits per heavy atom.